The van der Waals surface area contributed by atoms with Crippen molar-refractivity contribution < 1.29 is 13.2 Å². The third-order valence-electron chi connectivity index (χ3n) is 3.80. The van der Waals surface area contributed by atoms with Crippen LogP contribution in [0.5, 0.6) is 0 Å². The maximum Gasteiger partial charge on any atom is 0.255 e. The van der Waals surface area contributed by atoms with Gasteiger partial charge in [-0.15, -0.1) is 11.3 Å². The van der Waals surface area contributed by atoms with Crippen LogP contribution in [-0.2, 0) is 16.6 Å². The highest BCUT2D eigenvalue weighted by molar-refractivity contribution is 7.89. The molecule has 8 heteroatoms. The summed E-state index contributed by atoms with van der Waals surface area (Å²) in [6.07, 6.45) is 0. The molecular formula is C19H17ClN2O3S2. The number of hydrogen-bond donors (Lipinski definition) is 2. The number of nitrogens with one attached hydrogen (secondary N) is 2. The fraction of sp³-hybridized carbons (Fsp3) is 0.105. The van der Waals surface area contributed by atoms with Crippen molar-refractivity contribution in [2.24, 2.45) is 0 Å². The maximum atomic E-state index is 12.5. The number of anilines is 1. The Morgan fingerprint density at radius 2 is 1.93 bits per heavy atom. The van der Waals surface area contributed by atoms with Crippen LogP contribution < -0.4 is 10.0 Å². The van der Waals surface area contributed by atoms with E-state index in [1.165, 1.54) is 29.5 Å². The number of halogens is 1. The van der Waals surface area contributed by atoms with Gasteiger partial charge in [-0.25, -0.2) is 13.1 Å². The van der Waals surface area contributed by atoms with Gasteiger partial charge in [-0.3, -0.25) is 4.79 Å². The number of amides is 1. The summed E-state index contributed by atoms with van der Waals surface area (Å²) in [5.74, 6) is -0.434. The summed E-state index contributed by atoms with van der Waals surface area (Å²) in [5.41, 5.74) is 1.67. The molecule has 27 heavy (non-hydrogen) atoms. The number of aryl methyl sites for hydroxylation is 1. The molecule has 0 aliphatic heterocycles. The Labute approximate surface area is 167 Å². The first-order valence-electron chi connectivity index (χ1n) is 8.05. The third kappa shape index (κ3) is 4.95. The minimum atomic E-state index is -3.73. The van der Waals surface area contributed by atoms with Crippen molar-refractivity contribution in [2.45, 2.75) is 18.4 Å². The average molecular weight is 421 g/mol. The monoisotopic (exact) mass is 420 g/mol. The van der Waals surface area contributed by atoms with Gasteiger partial charge in [-0.1, -0.05) is 29.8 Å². The molecule has 1 amide bonds. The normalized spacial score (nSPS) is 11.3. The number of hydrogen-bond acceptors (Lipinski definition) is 4. The second kappa shape index (κ2) is 8.22. The van der Waals surface area contributed by atoms with Crippen LogP contribution in [0.2, 0.25) is 5.02 Å². The molecule has 1 aromatic heterocycles. The fourth-order valence-corrected chi connectivity index (χ4v) is 4.45. The minimum Gasteiger partial charge on any atom is -0.321 e. The van der Waals surface area contributed by atoms with Crippen LogP contribution in [0.3, 0.4) is 0 Å². The Morgan fingerprint density at radius 3 is 2.63 bits per heavy atom. The number of sulfonamides is 1. The highest BCUT2D eigenvalue weighted by Crippen LogP contribution is 2.23. The molecule has 0 bridgehead atoms. The molecule has 0 atom stereocenters. The lowest BCUT2D eigenvalue weighted by Gasteiger charge is -2.10. The van der Waals surface area contributed by atoms with Crippen LogP contribution in [0.25, 0.3) is 0 Å². The van der Waals surface area contributed by atoms with Crippen LogP contribution >= 0.6 is 22.9 Å². The summed E-state index contributed by atoms with van der Waals surface area (Å²) in [4.78, 5) is 13.4. The SMILES string of the molecule is Cc1ccc(NC(=O)c2cccc(S(=O)(=O)NCc3cccs3)c2)c(Cl)c1. The summed E-state index contributed by atoms with van der Waals surface area (Å²) >= 11 is 7.60. The molecule has 3 aromatic rings. The molecule has 1 heterocycles. The number of benzene rings is 2. The van der Waals surface area contributed by atoms with Crippen LogP contribution in [0, 0.1) is 6.92 Å². The molecular weight excluding hydrogens is 404 g/mol. The Bertz CT molecular complexity index is 1060. The summed E-state index contributed by atoms with van der Waals surface area (Å²) in [7, 11) is -3.73. The van der Waals surface area contributed by atoms with Gasteiger partial charge in [0.2, 0.25) is 10.0 Å². The zero-order valence-electron chi connectivity index (χ0n) is 14.4. The van der Waals surface area contributed by atoms with E-state index in [0.29, 0.717) is 10.7 Å². The summed E-state index contributed by atoms with van der Waals surface area (Å²) in [5, 5.41) is 5.00. The zero-order chi connectivity index (χ0) is 19.4. The molecule has 0 radical (unpaired) electrons. The predicted molar refractivity (Wildman–Crippen MR) is 109 cm³/mol. The first-order valence-corrected chi connectivity index (χ1v) is 10.8. The van der Waals surface area contributed by atoms with Gasteiger partial charge in [0.15, 0.2) is 0 Å². The minimum absolute atomic E-state index is 0.0294. The van der Waals surface area contributed by atoms with E-state index in [-0.39, 0.29) is 17.0 Å². The highest BCUT2D eigenvalue weighted by atomic mass is 35.5. The average Bonchev–Trinajstić information content (AvgIpc) is 3.16. The lowest BCUT2D eigenvalue weighted by Crippen LogP contribution is -2.23. The van der Waals surface area contributed by atoms with Gasteiger partial charge in [0, 0.05) is 17.0 Å². The van der Waals surface area contributed by atoms with Crippen molar-refractivity contribution in [2.75, 3.05) is 5.32 Å². The van der Waals surface area contributed by atoms with E-state index in [9.17, 15) is 13.2 Å². The van der Waals surface area contributed by atoms with Gasteiger partial charge in [0.25, 0.3) is 5.91 Å². The van der Waals surface area contributed by atoms with E-state index >= 15 is 0 Å². The van der Waals surface area contributed by atoms with Crippen LogP contribution in [-0.4, -0.2) is 14.3 Å². The molecule has 2 aromatic carbocycles. The summed E-state index contributed by atoms with van der Waals surface area (Å²) in [6, 6.07) is 14.9. The molecule has 0 unspecified atom stereocenters. The lowest BCUT2D eigenvalue weighted by atomic mass is 10.2. The van der Waals surface area contributed by atoms with Crippen LogP contribution in [0.1, 0.15) is 20.8 Å². The van der Waals surface area contributed by atoms with Gasteiger partial charge in [-0.05, 0) is 54.3 Å². The molecule has 140 valence electrons. The number of rotatable bonds is 6. The second-order valence-electron chi connectivity index (χ2n) is 5.87. The maximum absolute atomic E-state index is 12.5. The molecule has 0 spiro atoms. The van der Waals surface area contributed by atoms with Crippen LogP contribution in [0.4, 0.5) is 5.69 Å². The van der Waals surface area contributed by atoms with Gasteiger partial charge in [0.05, 0.1) is 15.6 Å². The van der Waals surface area contributed by atoms with E-state index in [4.69, 9.17) is 11.6 Å². The van der Waals surface area contributed by atoms with Crippen molar-refractivity contribution in [1.29, 1.82) is 0 Å². The van der Waals surface area contributed by atoms with E-state index in [2.05, 4.69) is 10.0 Å². The Kier molecular flexibility index (Phi) is 5.96. The molecule has 0 saturated carbocycles. The number of carbonyl (C=O) groups excluding carboxylic acids is 1. The second-order valence-corrected chi connectivity index (χ2v) is 9.08. The zero-order valence-corrected chi connectivity index (χ0v) is 16.8. The molecule has 0 fully saturated rings. The quantitative estimate of drug-likeness (QED) is 0.619. The van der Waals surface area contributed by atoms with E-state index in [1.807, 2.05) is 30.5 Å². The lowest BCUT2D eigenvalue weighted by molar-refractivity contribution is 0.102. The van der Waals surface area contributed by atoms with Crippen molar-refractivity contribution >= 4 is 44.6 Å². The van der Waals surface area contributed by atoms with Crippen molar-refractivity contribution in [3.8, 4) is 0 Å². The molecule has 5 nitrogen and oxygen atoms in total. The summed E-state index contributed by atoms with van der Waals surface area (Å²) < 4.78 is 27.5. The van der Waals surface area contributed by atoms with Gasteiger partial charge < -0.3 is 5.32 Å². The largest absolute Gasteiger partial charge is 0.321 e. The Balaban J connectivity index is 1.76. The van der Waals surface area contributed by atoms with E-state index in [1.54, 1.807) is 18.2 Å². The molecule has 3 rings (SSSR count). The molecule has 0 saturated heterocycles. The Morgan fingerprint density at radius 1 is 1.11 bits per heavy atom. The third-order valence-corrected chi connectivity index (χ3v) is 6.38. The summed E-state index contributed by atoms with van der Waals surface area (Å²) in [6.45, 7) is 2.10. The number of thiophene rings is 1. The Hall–Kier alpha value is -2.19. The van der Waals surface area contributed by atoms with Gasteiger partial charge in [-0.2, -0.15) is 0 Å². The predicted octanol–water partition coefficient (Wildman–Crippen LogP) is 4.44. The standard InChI is InChI=1S/C19H17ClN2O3S2/c1-13-7-8-18(17(20)10-13)22-19(23)14-4-2-6-16(11-14)27(24,25)21-12-15-5-3-9-26-15/h2-11,21H,12H2,1H3,(H,22,23). The number of carbonyl (C=O) groups is 1. The molecule has 0 aliphatic carbocycles. The van der Waals surface area contributed by atoms with E-state index < -0.39 is 15.9 Å². The van der Waals surface area contributed by atoms with Crippen molar-refractivity contribution in [1.82, 2.24) is 4.72 Å². The molecule has 0 aliphatic rings. The highest BCUT2D eigenvalue weighted by Gasteiger charge is 2.17. The first kappa shape index (κ1) is 19.6. The first-order chi connectivity index (χ1) is 12.8. The van der Waals surface area contributed by atoms with Gasteiger partial charge >= 0.3 is 0 Å². The van der Waals surface area contributed by atoms with Crippen molar-refractivity contribution in [3.63, 3.8) is 0 Å². The smallest absolute Gasteiger partial charge is 0.255 e. The van der Waals surface area contributed by atoms with E-state index in [0.717, 1.165) is 10.4 Å². The van der Waals surface area contributed by atoms with Crippen molar-refractivity contribution in [3.05, 3.63) is 81.0 Å². The topological polar surface area (TPSA) is 75.3 Å². The van der Waals surface area contributed by atoms with Gasteiger partial charge in [0.1, 0.15) is 0 Å². The van der Waals surface area contributed by atoms with Crippen LogP contribution in [0.15, 0.2) is 64.9 Å². The fourth-order valence-electron chi connectivity index (χ4n) is 2.38. The molecule has 2 N–H and O–H groups in total.